The SMILES string of the molecule is COc1ccc(C(CC(=O)c2ccccc2[O-])/C(C)=C(\[O-])c2ccccc2[O-])cc1.[Na+].[Na+].[Na+]. The van der Waals surface area contributed by atoms with Gasteiger partial charge >= 0.3 is 88.7 Å². The van der Waals surface area contributed by atoms with Crippen LogP contribution in [0.4, 0.5) is 0 Å². The second-order valence-corrected chi connectivity index (χ2v) is 6.96. The maximum atomic E-state index is 13.1. The first-order valence-electron chi connectivity index (χ1n) is 9.49. The quantitative estimate of drug-likeness (QED) is 0.195. The third kappa shape index (κ3) is 8.17. The Bertz CT molecular complexity index is 1080. The van der Waals surface area contributed by atoms with Crippen molar-refractivity contribution >= 4 is 11.5 Å². The average molecular weight is 470 g/mol. The van der Waals surface area contributed by atoms with E-state index < -0.39 is 11.7 Å². The van der Waals surface area contributed by atoms with Gasteiger partial charge in [0, 0.05) is 17.9 Å². The Morgan fingerprint density at radius 1 is 0.818 bits per heavy atom. The van der Waals surface area contributed by atoms with E-state index in [-0.39, 0.29) is 124 Å². The molecule has 0 saturated heterocycles. The monoisotopic (exact) mass is 470 g/mol. The summed E-state index contributed by atoms with van der Waals surface area (Å²) in [5.41, 5.74) is 1.23. The smallest absolute Gasteiger partial charge is 0.872 e. The molecule has 3 aromatic carbocycles. The number of Topliss-reactive ketones (excluding diaryl/α,β-unsaturated/α-hetero) is 1. The molecule has 0 heterocycles. The van der Waals surface area contributed by atoms with Gasteiger partial charge in [0.25, 0.3) is 0 Å². The maximum absolute atomic E-state index is 13.1. The summed E-state index contributed by atoms with van der Waals surface area (Å²) in [6, 6.07) is 19.1. The van der Waals surface area contributed by atoms with Crippen molar-refractivity contribution in [2.24, 2.45) is 0 Å². The standard InChI is InChI=1S/C25H24O5.3Na/c1-16(25(29)20-8-4-6-10-23(20)27)21(17-11-13-18(30-2)14-12-17)15-24(28)19-7-3-5-9-22(19)26;;;/h3-14,21,26-27,29H,15H2,1-2H3;;;/q;3*+1/p-3/b25-16-;;;. The molecular formula is C25H21Na3O5. The molecule has 5 nitrogen and oxygen atoms in total. The van der Waals surface area contributed by atoms with Crippen LogP contribution < -0.4 is 109 Å². The Morgan fingerprint density at radius 3 is 1.79 bits per heavy atom. The fraction of sp³-hybridized carbons (Fsp3) is 0.160. The molecule has 0 spiro atoms. The van der Waals surface area contributed by atoms with Crippen LogP contribution in [0.3, 0.4) is 0 Å². The van der Waals surface area contributed by atoms with Crippen molar-refractivity contribution in [3.63, 3.8) is 0 Å². The number of carbonyl (C=O) groups is 1. The van der Waals surface area contributed by atoms with Gasteiger partial charge in [0.2, 0.25) is 0 Å². The summed E-state index contributed by atoms with van der Waals surface area (Å²) in [5.74, 6) is -1.44. The van der Waals surface area contributed by atoms with E-state index >= 15 is 0 Å². The van der Waals surface area contributed by atoms with Gasteiger partial charge in [-0.1, -0.05) is 72.0 Å². The number of hydrogen-bond acceptors (Lipinski definition) is 5. The van der Waals surface area contributed by atoms with E-state index in [0.717, 1.165) is 5.56 Å². The van der Waals surface area contributed by atoms with Crippen molar-refractivity contribution in [1.29, 1.82) is 0 Å². The molecule has 154 valence electrons. The molecule has 0 saturated carbocycles. The number of ketones is 1. The van der Waals surface area contributed by atoms with Gasteiger partial charge in [-0.25, -0.2) is 0 Å². The zero-order chi connectivity index (χ0) is 21.7. The summed E-state index contributed by atoms with van der Waals surface area (Å²) in [4.78, 5) is 12.9. The minimum atomic E-state index is -0.588. The minimum Gasteiger partial charge on any atom is -0.872 e. The first kappa shape index (κ1) is 32.3. The fourth-order valence-electron chi connectivity index (χ4n) is 3.37. The first-order chi connectivity index (χ1) is 14.4. The molecule has 1 atom stereocenters. The van der Waals surface area contributed by atoms with E-state index in [1.165, 1.54) is 24.3 Å². The summed E-state index contributed by atoms with van der Waals surface area (Å²) in [6.07, 6.45) is -0.0653. The van der Waals surface area contributed by atoms with Crippen molar-refractivity contribution in [2.45, 2.75) is 19.3 Å². The first-order valence-corrected chi connectivity index (χ1v) is 9.49. The Hall–Kier alpha value is -0.730. The van der Waals surface area contributed by atoms with E-state index in [2.05, 4.69) is 0 Å². The fourth-order valence-corrected chi connectivity index (χ4v) is 3.37. The van der Waals surface area contributed by atoms with Crippen LogP contribution in [0.1, 0.15) is 40.7 Å². The van der Waals surface area contributed by atoms with Crippen molar-refractivity contribution in [3.05, 3.63) is 95.1 Å². The molecule has 0 amide bonds. The Labute approximate surface area is 260 Å². The summed E-state index contributed by atoms with van der Waals surface area (Å²) < 4.78 is 5.18. The number of allylic oxidation sites excluding steroid dienone is 1. The second-order valence-electron chi connectivity index (χ2n) is 6.96. The van der Waals surface area contributed by atoms with Gasteiger partial charge in [0.1, 0.15) is 5.75 Å². The number of hydrogen-bond donors (Lipinski definition) is 0. The Morgan fingerprint density at radius 2 is 1.30 bits per heavy atom. The number of methoxy groups -OCH3 is 1. The van der Waals surface area contributed by atoms with Crippen LogP contribution in [-0.4, -0.2) is 12.9 Å². The molecule has 0 radical (unpaired) electrons. The largest absolute Gasteiger partial charge is 1.00 e. The molecule has 3 rings (SSSR count). The number of rotatable bonds is 7. The van der Waals surface area contributed by atoms with Crippen LogP contribution in [0.2, 0.25) is 0 Å². The molecule has 0 N–H and O–H groups in total. The Kier molecular flexibility index (Phi) is 15.0. The molecule has 0 fully saturated rings. The van der Waals surface area contributed by atoms with Crippen LogP contribution >= 0.6 is 0 Å². The van der Waals surface area contributed by atoms with Crippen LogP contribution in [0, 0.1) is 0 Å². The topological polar surface area (TPSA) is 95.5 Å². The number of ether oxygens (including phenoxy) is 1. The zero-order valence-corrected chi connectivity index (χ0v) is 25.8. The van der Waals surface area contributed by atoms with Crippen LogP contribution in [0.5, 0.6) is 17.2 Å². The summed E-state index contributed by atoms with van der Waals surface area (Å²) in [7, 11) is 1.55. The van der Waals surface area contributed by atoms with Gasteiger partial charge in [-0.15, -0.1) is 11.5 Å². The van der Waals surface area contributed by atoms with E-state index in [4.69, 9.17) is 4.74 Å². The zero-order valence-electron chi connectivity index (χ0n) is 19.8. The van der Waals surface area contributed by atoms with Gasteiger partial charge in [0.05, 0.1) is 7.11 Å². The molecule has 3 aromatic rings. The van der Waals surface area contributed by atoms with Crippen molar-refractivity contribution in [3.8, 4) is 17.2 Å². The van der Waals surface area contributed by atoms with Crippen LogP contribution in [-0.2, 0) is 0 Å². The third-order valence-corrected chi connectivity index (χ3v) is 5.11. The van der Waals surface area contributed by atoms with Crippen LogP contribution in [0.15, 0.2) is 78.4 Å². The Balaban J connectivity index is 0.00000341. The van der Waals surface area contributed by atoms with E-state index in [0.29, 0.717) is 11.3 Å². The van der Waals surface area contributed by atoms with Crippen molar-refractivity contribution in [2.75, 3.05) is 7.11 Å². The normalized spacial score (nSPS) is 11.6. The van der Waals surface area contributed by atoms with E-state index in [1.807, 2.05) is 0 Å². The molecule has 0 aliphatic carbocycles. The molecule has 0 aromatic heterocycles. The van der Waals surface area contributed by atoms with Gasteiger partial charge in [0.15, 0.2) is 5.78 Å². The van der Waals surface area contributed by atoms with E-state index in [1.54, 1.807) is 62.6 Å². The molecule has 0 aliphatic rings. The van der Waals surface area contributed by atoms with Crippen molar-refractivity contribution in [1.82, 2.24) is 0 Å². The van der Waals surface area contributed by atoms with Crippen LogP contribution in [0.25, 0.3) is 5.76 Å². The molecule has 1 unspecified atom stereocenters. The summed E-state index contributed by atoms with van der Waals surface area (Å²) >= 11 is 0. The number of benzene rings is 3. The van der Waals surface area contributed by atoms with Gasteiger partial charge in [-0.05, 0) is 30.2 Å². The van der Waals surface area contributed by atoms with Gasteiger partial charge < -0.3 is 20.1 Å². The molecule has 0 bridgehead atoms. The summed E-state index contributed by atoms with van der Waals surface area (Å²) in [5, 5.41) is 37.3. The molecule has 8 heteroatoms. The minimum absolute atomic E-state index is 0. The average Bonchev–Trinajstić information content (AvgIpc) is 2.77. The molecule has 33 heavy (non-hydrogen) atoms. The second kappa shape index (κ2) is 15.3. The van der Waals surface area contributed by atoms with E-state index in [9.17, 15) is 20.1 Å². The molecule has 0 aliphatic heterocycles. The predicted octanol–water partition coefficient (Wildman–Crippen LogP) is -6.00. The number of carbonyl (C=O) groups excluding carboxylic acids is 1. The van der Waals surface area contributed by atoms with Gasteiger partial charge in [-0.3, -0.25) is 4.79 Å². The molecular weight excluding hydrogens is 449 g/mol. The predicted molar refractivity (Wildman–Crippen MR) is 109 cm³/mol. The third-order valence-electron chi connectivity index (χ3n) is 5.11. The number of para-hydroxylation sites is 2. The summed E-state index contributed by atoms with van der Waals surface area (Å²) in [6.45, 7) is 1.63. The maximum Gasteiger partial charge on any atom is 1.00 e. The van der Waals surface area contributed by atoms with Gasteiger partial charge in [-0.2, -0.15) is 0 Å². The van der Waals surface area contributed by atoms with Crippen molar-refractivity contribution < 1.29 is 114 Å².